The lowest BCUT2D eigenvalue weighted by atomic mass is 10.0. The Kier molecular flexibility index (Phi) is 12.5. The van der Waals surface area contributed by atoms with Crippen LogP contribution >= 0.6 is 0 Å². The van der Waals surface area contributed by atoms with Gasteiger partial charge in [-0.05, 0) is 84.2 Å². The molecule has 0 saturated heterocycles. The van der Waals surface area contributed by atoms with Gasteiger partial charge in [-0.15, -0.1) is 0 Å². The molecule has 4 atom stereocenters. The van der Waals surface area contributed by atoms with Gasteiger partial charge in [-0.1, -0.05) is 29.8 Å². The molecule has 49 heavy (non-hydrogen) atoms. The number of benzene rings is 2. The van der Waals surface area contributed by atoms with Crippen molar-refractivity contribution in [2.45, 2.75) is 88.8 Å². The summed E-state index contributed by atoms with van der Waals surface area (Å²) in [6, 6.07) is 10.5. The number of ether oxygens (including phenoxy) is 2. The number of amides is 1. The van der Waals surface area contributed by atoms with Crippen molar-refractivity contribution >= 4 is 31.6 Å². The molecule has 0 saturated carbocycles. The van der Waals surface area contributed by atoms with Crippen LogP contribution in [-0.2, 0) is 24.8 Å². The molecule has 1 aromatic heterocycles. The number of hydrogen-bond donors (Lipinski definition) is 2. The first-order chi connectivity index (χ1) is 23.0. The summed E-state index contributed by atoms with van der Waals surface area (Å²) >= 11 is 0. The quantitative estimate of drug-likeness (QED) is 0.321. The zero-order chi connectivity index (χ0) is 36.1. The first kappa shape index (κ1) is 38.3. The number of likely N-dealkylation sites (N-methyl/N-ethyl adjacent to an activating group) is 1. The molecule has 13 nitrogen and oxygen atoms in total. The van der Waals surface area contributed by atoms with Crippen molar-refractivity contribution in [3.05, 3.63) is 65.0 Å². The van der Waals surface area contributed by atoms with Crippen LogP contribution in [0.4, 0.5) is 5.69 Å². The third-order valence-corrected chi connectivity index (χ3v) is 12.2. The minimum absolute atomic E-state index is 0.0383. The van der Waals surface area contributed by atoms with Gasteiger partial charge in [0.25, 0.3) is 15.9 Å². The fourth-order valence-corrected chi connectivity index (χ4v) is 8.32. The summed E-state index contributed by atoms with van der Waals surface area (Å²) in [5, 5.41) is 14.0. The maximum Gasteiger partial charge on any atom is 0.267 e. The smallest absolute Gasteiger partial charge is 0.267 e. The van der Waals surface area contributed by atoms with Crippen molar-refractivity contribution in [3.8, 4) is 5.75 Å². The van der Waals surface area contributed by atoms with Gasteiger partial charge in [0.15, 0.2) is 10.7 Å². The van der Waals surface area contributed by atoms with E-state index in [0.29, 0.717) is 19.4 Å². The zero-order valence-electron chi connectivity index (χ0n) is 29.2. The van der Waals surface area contributed by atoms with E-state index in [4.69, 9.17) is 14.0 Å². The molecule has 0 bridgehead atoms. The lowest BCUT2D eigenvalue weighted by Crippen LogP contribution is -2.48. The fourth-order valence-electron chi connectivity index (χ4n) is 5.75. The number of sulfonamides is 2. The van der Waals surface area contributed by atoms with Gasteiger partial charge in [0.2, 0.25) is 10.0 Å². The van der Waals surface area contributed by atoms with Crippen LogP contribution in [0.25, 0.3) is 0 Å². The second-order valence-electron chi connectivity index (χ2n) is 12.9. The number of hydrogen-bond acceptors (Lipinski definition) is 10. The lowest BCUT2D eigenvalue weighted by Gasteiger charge is -2.35. The number of aromatic nitrogens is 1. The third-order valence-electron chi connectivity index (χ3n) is 8.71. The van der Waals surface area contributed by atoms with Crippen LogP contribution in [0.3, 0.4) is 0 Å². The molecule has 2 aromatic carbocycles. The van der Waals surface area contributed by atoms with Crippen molar-refractivity contribution in [1.82, 2.24) is 14.4 Å². The summed E-state index contributed by atoms with van der Waals surface area (Å²) in [4.78, 5) is 16.0. The predicted octanol–water partition coefficient (Wildman–Crippen LogP) is 4.52. The Morgan fingerprint density at radius 1 is 1.06 bits per heavy atom. The molecule has 1 aliphatic heterocycles. The average molecular weight is 721 g/mol. The van der Waals surface area contributed by atoms with Crippen LogP contribution in [0.5, 0.6) is 5.75 Å². The minimum atomic E-state index is -4.11. The SMILES string of the molecule is Cc1ccc(S(=O)(=O)N(C)C[C@@H]2OCCCC[C@@H](C)Oc3ccc(NS(=O)(=O)c4c(C)noc4C)cc3C(=O)N([C@@H](C)CO)C[C@@H]2C)cc1. The first-order valence-corrected chi connectivity index (χ1v) is 19.3. The molecule has 4 rings (SSSR count). The predicted molar refractivity (Wildman–Crippen MR) is 185 cm³/mol. The molecule has 15 heteroatoms. The van der Waals surface area contributed by atoms with Crippen LogP contribution in [-0.4, -0.2) is 93.8 Å². The highest BCUT2D eigenvalue weighted by Gasteiger charge is 2.33. The van der Waals surface area contributed by atoms with Gasteiger partial charge < -0.3 is 24.0 Å². The third kappa shape index (κ3) is 9.19. The summed E-state index contributed by atoms with van der Waals surface area (Å²) in [6.45, 7) is 10.5. The van der Waals surface area contributed by atoms with Crippen molar-refractivity contribution in [2.24, 2.45) is 5.92 Å². The molecule has 0 aliphatic carbocycles. The summed E-state index contributed by atoms with van der Waals surface area (Å²) in [7, 11) is -6.43. The van der Waals surface area contributed by atoms with Gasteiger partial charge >= 0.3 is 0 Å². The van der Waals surface area contributed by atoms with Crippen LogP contribution in [0.1, 0.15) is 67.4 Å². The van der Waals surface area contributed by atoms with Crippen LogP contribution in [0.2, 0.25) is 0 Å². The van der Waals surface area contributed by atoms with Crippen molar-refractivity contribution in [2.75, 3.05) is 38.1 Å². The van der Waals surface area contributed by atoms with Crippen LogP contribution in [0, 0.1) is 26.7 Å². The van der Waals surface area contributed by atoms with Crippen LogP contribution in [0.15, 0.2) is 56.8 Å². The van der Waals surface area contributed by atoms with Gasteiger partial charge in [0.1, 0.15) is 11.4 Å². The summed E-state index contributed by atoms with van der Waals surface area (Å²) in [6.07, 6.45) is 1.23. The van der Waals surface area contributed by atoms with Gasteiger partial charge in [-0.3, -0.25) is 9.52 Å². The molecule has 2 heterocycles. The zero-order valence-corrected chi connectivity index (χ0v) is 30.8. The molecule has 1 aliphatic rings. The van der Waals surface area contributed by atoms with E-state index in [-0.39, 0.29) is 70.0 Å². The summed E-state index contributed by atoms with van der Waals surface area (Å²) in [5.41, 5.74) is 1.37. The number of aliphatic hydroxyl groups excluding tert-OH is 1. The number of anilines is 1. The van der Waals surface area contributed by atoms with E-state index in [1.165, 1.54) is 42.2 Å². The molecule has 0 fully saturated rings. The monoisotopic (exact) mass is 720 g/mol. The van der Waals surface area contributed by atoms with E-state index in [1.54, 1.807) is 37.3 Å². The van der Waals surface area contributed by atoms with Crippen LogP contribution < -0.4 is 9.46 Å². The lowest BCUT2D eigenvalue weighted by molar-refractivity contribution is -0.00833. The molecule has 0 spiro atoms. The van der Waals surface area contributed by atoms with Gasteiger partial charge in [0, 0.05) is 38.3 Å². The maximum atomic E-state index is 14.4. The van der Waals surface area contributed by atoms with Crippen molar-refractivity contribution in [1.29, 1.82) is 0 Å². The van der Waals surface area contributed by atoms with Gasteiger partial charge in [-0.2, -0.15) is 4.31 Å². The Hall–Kier alpha value is -3.50. The maximum absolute atomic E-state index is 14.4. The highest BCUT2D eigenvalue weighted by molar-refractivity contribution is 7.92. The average Bonchev–Trinajstić information content (AvgIpc) is 3.40. The summed E-state index contributed by atoms with van der Waals surface area (Å²) < 4.78 is 75.0. The number of fused-ring (bicyclic) bond motifs is 1. The second-order valence-corrected chi connectivity index (χ2v) is 16.5. The summed E-state index contributed by atoms with van der Waals surface area (Å²) in [5.74, 6) is -0.469. The molecule has 1 amide bonds. The molecule has 270 valence electrons. The normalized spacial score (nSPS) is 20.7. The first-order valence-electron chi connectivity index (χ1n) is 16.4. The number of nitrogens with one attached hydrogen (secondary N) is 1. The standard InChI is InChI=1S/C34H48N4O9S2/c1-22-11-14-29(15-12-22)49(43,44)37(7)20-32-23(2)19-38(24(3)21-39)34(40)30-18-28(36-48(41,42)33-26(5)35-47-27(33)6)13-16-31(30)46-25(4)10-8-9-17-45-32/h11-16,18,23-25,32,36,39H,8-10,17,19-21H2,1-7H3/t23-,24-,25+,32-/m0/s1. The number of rotatable bonds is 9. The molecule has 0 radical (unpaired) electrons. The van der Waals surface area contributed by atoms with Crippen molar-refractivity contribution < 1.29 is 40.7 Å². The molecule has 3 aromatic rings. The second kappa shape index (κ2) is 16.0. The molecular formula is C34H48N4O9S2. The number of aryl methyl sites for hydroxylation is 3. The Balaban J connectivity index is 1.69. The largest absolute Gasteiger partial charge is 0.490 e. The highest BCUT2D eigenvalue weighted by Crippen LogP contribution is 2.30. The molecule has 0 unspecified atom stereocenters. The molecule has 2 N–H and O–H groups in total. The number of carbonyl (C=O) groups is 1. The van der Waals surface area contributed by atoms with E-state index in [2.05, 4.69) is 9.88 Å². The Morgan fingerprint density at radius 3 is 2.39 bits per heavy atom. The van der Waals surface area contributed by atoms with E-state index < -0.39 is 38.1 Å². The number of nitrogens with zero attached hydrogens (tertiary/aromatic N) is 3. The van der Waals surface area contributed by atoms with Crippen molar-refractivity contribution in [3.63, 3.8) is 0 Å². The van der Waals surface area contributed by atoms with Gasteiger partial charge in [0.05, 0.1) is 35.3 Å². The topological polar surface area (TPSA) is 169 Å². The number of aliphatic hydroxyl groups is 1. The van der Waals surface area contributed by atoms with E-state index in [9.17, 15) is 26.7 Å². The Morgan fingerprint density at radius 2 is 1.76 bits per heavy atom. The van der Waals surface area contributed by atoms with E-state index in [1.807, 2.05) is 20.8 Å². The van der Waals surface area contributed by atoms with E-state index >= 15 is 0 Å². The minimum Gasteiger partial charge on any atom is -0.490 e. The highest BCUT2D eigenvalue weighted by atomic mass is 32.2. The van der Waals surface area contributed by atoms with E-state index in [0.717, 1.165) is 12.0 Å². The Bertz CT molecular complexity index is 1790. The fraction of sp³-hybridized carbons (Fsp3) is 0.529. The molecular weight excluding hydrogens is 673 g/mol. The number of carbonyl (C=O) groups excluding carboxylic acids is 1. The van der Waals surface area contributed by atoms with Gasteiger partial charge in [-0.25, -0.2) is 16.8 Å². The Labute approximate surface area is 289 Å².